The zero-order chi connectivity index (χ0) is 42.3. The van der Waals surface area contributed by atoms with Crippen LogP contribution in [0.25, 0.3) is 0 Å². The topological polar surface area (TPSA) is 264 Å². The van der Waals surface area contributed by atoms with E-state index in [1.54, 1.807) is 12.1 Å². The third kappa shape index (κ3) is 25.2. The fraction of sp³-hybridized carbons (Fsp3) is 0.683. The van der Waals surface area contributed by atoms with Crippen molar-refractivity contribution in [3.05, 3.63) is 29.8 Å². The fourth-order valence-corrected chi connectivity index (χ4v) is 6.17. The lowest BCUT2D eigenvalue weighted by Gasteiger charge is -2.25. The fourth-order valence-electron chi connectivity index (χ4n) is 6.17. The van der Waals surface area contributed by atoms with Gasteiger partial charge in [-0.3, -0.25) is 33.6 Å². The van der Waals surface area contributed by atoms with E-state index in [-0.39, 0.29) is 43.9 Å². The molecule has 0 bridgehead atoms. The van der Waals surface area contributed by atoms with E-state index in [0.717, 1.165) is 25.7 Å². The predicted octanol–water partition coefficient (Wildman–Crippen LogP) is 2.24. The summed E-state index contributed by atoms with van der Waals surface area (Å²) in [6, 6.07) is 2.43. The summed E-state index contributed by atoms with van der Waals surface area (Å²) in [4.78, 5) is 88.8. The van der Waals surface area contributed by atoms with Gasteiger partial charge in [-0.05, 0) is 56.3 Å². The molecule has 1 rings (SSSR count). The second kappa shape index (κ2) is 31.4. The maximum atomic E-state index is 13.6. The first kappa shape index (κ1) is 50.3. The Morgan fingerprint density at radius 1 is 0.579 bits per heavy atom. The van der Waals surface area contributed by atoms with Crippen LogP contribution < -0.4 is 43.4 Å². The number of primary amides is 1. The van der Waals surface area contributed by atoms with Crippen molar-refractivity contribution in [2.24, 2.45) is 11.5 Å². The smallest absolute Gasteiger partial charge is 0.243 e. The van der Waals surface area contributed by atoms with Crippen LogP contribution in [0.4, 0.5) is 0 Å². The zero-order valence-electron chi connectivity index (χ0n) is 34.3. The van der Waals surface area contributed by atoms with Crippen molar-refractivity contribution in [1.82, 2.24) is 31.9 Å². The minimum Gasteiger partial charge on any atom is -0.508 e. The number of rotatable bonds is 33. The minimum absolute atomic E-state index is 0.0109. The van der Waals surface area contributed by atoms with Crippen molar-refractivity contribution >= 4 is 41.4 Å². The number of benzene rings is 1. The van der Waals surface area contributed by atoms with Gasteiger partial charge in [-0.25, -0.2) is 0 Å². The number of aromatic hydroxyl groups is 1. The van der Waals surface area contributed by atoms with Crippen molar-refractivity contribution in [3.63, 3.8) is 0 Å². The molecule has 1 aromatic rings. The molecule has 1 aromatic carbocycles. The van der Waals surface area contributed by atoms with Gasteiger partial charge in [-0.15, -0.1) is 0 Å². The Balaban J connectivity index is 2.68. The molecular formula is C41H70N8O8. The molecule has 0 unspecified atom stereocenters. The molecule has 0 spiro atoms. The molecule has 57 heavy (non-hydrogen) atoms. The number of nitrogens with two attached hydrogens (primary N) is 2. The van der Waals surface area contributed by atoms with Gasteiger partial charge in [0.25, 0.3) is 0 Å². The van der Waals surface area contributed by atoms with Crippen molar-refractivity contribution in [2.75, 3.05) is 26.7 Å². The number of carbonyl (C=O) groups is 7. The molecule has 0 aliphatic carbocycles. The third-order valence-corrected chi connectivity index (χ3v) is 9.57. The summed E-state index contributed by atoms with van der Waals surface area (Å²) in [5, 5.41) is 25.0. The first-order chi connectivity index (χ1) is 27.4. The summed E-state index contributed by atoms with van der Waals surface area (Å²) in [6.07, 6.45) is 16.8. The molecule has 0 aromatic heterocycles. The number of likely N-dealkylation sites (N-methyl/N-ethyl adjacent to an activating group) is 1. The van der Waals surface area contributed by atoms with Crippen LogP contribution in [0.2, 0.25) is 0 Å². The number of amides is 7. The monoisotopic (exact) mass is 803 g/mol. The Labute approximate surface area is 338 Å². The van der Waals surface area contributed by atoms with E-state index in [0.29, 0.717) is 31.4 Å². The molecule has 322 valence electrons. The lowest BCUT2D eigenvalue weighted by Crippen LogP contribution is -2.57. The number of phenolic OH excluding ortho intramolecular Hbond substituents is 1. The molecule has 7 amide bonds. The van der Waals surface area contributed by atoms with Crippen LogP contribution in [0.5, 0.6) is 5.75 Å². The molecule has 11 N–H and O–H groups in total. The van der Waals surface area contributed by atoms with Gasteiger partial charge in [0.2, 0.25) is 41.4 Å². The van der Waals surface area contributed by atoms with Gasteiger partial charge in [-0.2, -0.15) is 0 Å². The average Bonchev–Trinajstić information content (AvgIpc) is 3.19. The van der Waals surface area contributed by atoms with Gasteiger partial charge in [0.1, 0.15) is 23.9 Å². The number of hydrogen-bond donors (Lipinski definition) is 9. The SMILES string of the molecule is CCCCCCCCCCCCCCCC(=O)NCC(=O)NCC(=O)N[C@@H](Cc1ccc(O)cc1)C(=O)N[C@@H](CCC(N)=O)C(=O)N[C@@H](CCCCN)C(=O)NC. The van der Waals surface area contributed by atoms with Crippen LogP contribution in [-0.4, -0.2) is 91.3 Å². The molecule has 0 heterocycles. The first-order valence-corrected chi connectivity index (χ1v) is 20.8. The molecule has 16 nitrogen and oxygen atoms in total. The van der Waals surface area contributed by atoms with E-state index in [2.05, 4.69) is 38.8 Å². The lowest BCUT2D eigenvalue weighted by molar-refractivity contribution is -0.134. The Hall–Kier alpha value is -4.73. The number of nitrogens with one attached hydrogen (secondary N) is 6. The first-order valence-electron chi connectivity index (χ1n) is 20.8. The van der Waals surface area contributed by atoms with Crippen molar-refractivity contribution in [1.29, 1.82) is 0 Å². The predicted molar refractivity (Wildman–Crippen MR) is 219 cm³/mol. The second-order valence-electron chi connectivity index (χ2n) is 14.6. The summed E-state index contributed by atoms with van der Waals surface area (Å²) < 4.78 is 0. The largest absolute Gasteiger partial charge is 0.508 e. The molecule has 0 fully saturated rings. The second-order valence-corrected chi connectivity index (χ2v) is 14.6. The molecule has 3 atom stereocenters. The summed E-state index contributed by atoms with van der Waals surface area (Å²) in [5.74, 6) is -4.26. The number of carbonyl (C=O) groups excluding carboxylic acids is 7. The van der Waals surface area contributed by atoms with Crippen LogP contribution in [0.3, 0.4) is 0 Å². The van der Waals surface area contributed by atoms with Crippen LogP contribution in [-0.2, 0) is 40.0 Å². The van der Waals surface area contributed by atoms with Crippen LogP contribution in [0.1, 0.15) is 134 Å². The van der Waals surface area contributed by atoms with Gasteiger partial charge in [-0.1, -0.05) is 96.1 Å². The molecular weight excluding hydrogens is 732 g/mol. The highest BCUT2D eigenvalue weighted by atomic mass is 16.3. The number of phenols is 1. The summed E-state index contributed by atoms with van der Waals surface area (Å²) in [5.41, 5.74) is 11.5. The number of hydrogen-bond acceptors (Lipinski definition) is 9. The van der Waals surface area contributed by atoms with Crippen LogP contribution >= 0.6 is 0 Å². The molecule has 0 saturated carbocycles. The van der Waals surface area contributed by atoms with E-state index in [9.17, 15) is 38.7 Å². The molecule has 0 saturated heterocycles. The summed E-state index contributed by atoms with van der Waals surface area (Å²) in [7, 11) is 1.42. The van der Waals surface area contributed by atoms with Gasteiger partial charge < -0.3 is 48.5 Å². The Morgan fingerprint density at radius 3 is 1.63 bits per heavy atom. The lowest BCUT2D eigenvalue weighted by atomic mass is 10.0. The van der Waals surface area contributed by atoms with Gasteiger partial charge in [0, 0.05) is 26.3 Å². The normalized spacial score (nSPS) is 12.4. The Kier molecular flexibility index (Phi) is 27.7. The molecule has 0 radical (unpaired) electrons. The molecule has 0 aliphatic rings. The van der Waals surface area contributed by atoms with Crippen LogP contribution in [0, 0.1) is 0 Å². The number of unbranched alkanes of at least 4 members (excludes halogenated alkanes) is 13. The van der Waals surface area contributed by atoms with Crippen molar-refractivity contribution in [3.8, 4) is 5.75 Å². The standard InChI is InChI=1S/C41H70N8O8/c1-3-4-5-6-7-8-9-10-11-12-13-14-15-19-36(52)45-28-37(53)46-29-38(54)47-34(27-30-20-22-31(50)23-21-30)41(57)49-33(24-25-35(43)51)40(56)48-32(39(55)44-2)18-16-17-26-42/h20-23,32-34,50H,3-19,24-29,42H2,1-2H3,(H2,43,51)(H,44,55)(H,45,52)(H,46,53)(H,47,54)(H,48,56)(H,49,57)/t32-,33-,34-/m0/s1. The molecule has 16 heteroatoms. The maximum Gasteiger partial charge on any atom is 0.243 e. The van der Waals surface area contributed by atoms with E-state index in [4.69, 9.17) is 11.5 Å². The quantitative estimate of drug-likeness (QED) is 0.0472. The molecule has 0 aliphatic heterocycles. The summed E-state index contributed by atoms with van der Waals surface area (Å²) >= 11 is 0. The van der Waals surface area contributed by atoms with Crippen molar-refractivity contribution in [2.45, 2.75) is 153 Å². The Bertz CT molecular complexity index is 1360. The summed E-state index contributed by atoms with van der Waals surface area (Å²) in [6.45, 7) is 1.81. The highest BCUT2D eigenvalue weighted by Gasteiger charge is 2.30. The van der Waals surface area contributed by atoms with Crippen molar-refractivity contribution < 1.29 is 38.7 Å². The third-order valence-electron chi connectivity index (χ3n) is 9.57. The van der Waals surface area contributed by atoms with E-state index in [1.165, 1.54) is 77.0 Å². The zero-order valence-corrected chi connectivity index (χ0v) is 34.3. The van der Waals surface area contributed by atoms with Gasteiger partial charge >= 0.3 is 0 Å². The van der Waals surface area contributed by atoms with E-state index >= 15 is 0 Å². The average molecular weight is 803 g/mol. The Morgan fingerprint density at radius 2 is 1.09 bits per heavy atom. The maximum absolute atomic E-state index is 13.6. The highest BCUT2D eigenvalue weighted by Crippen LogP contribution is 2.14. The van der Waals surface area contributed by atoms with E-state index in [1.807, 2.05) is 0 Å². The highest BCUT2D eigenvalue weighted by molar-refractivity contribution is 5.95. The van der Waals surface area contributed by atoms with Gasteiger partial charge in [0.15, 0.2) is 0 Å². The minimum atomic E-state index is -1.30. The van der Waals surface area contributed by atoms with Gasteiger partial charge in [0.05, 0.1) is 13.1 Å². The van der Waals surface area contributed by atoms with Crippen LogP contribution in [0.15, 0.2) is 24.3 Å². The van der Waals surface area contributed by atoms with E-state index < -0.39 is 60.1 Å².